The Morgan fingerprint density at radius 2 is 1.88 bits per heavy atom. The maximum absolute atomic E-state index is 11.9. The Morgan fingerprint density at radius 3 is 2.31 bits per heavy atom. The molecule has 0 aliphatic carbocycles. The topological polar surface area (TPSA) is 51.1 Å². The minimum absolute atomic E-state index is 0.116. The number of hydrogen-bond acceptors (Lipinski definition) is 2. The van der Waals surface area contributed by atoms with Crippen LogP contribution >= 0.6 is 0 Å². The monoisotopic (exact) mass is 222 g/mol. The summed E-state index contributed by atoms with van der Waals surface area (Å²) in [6.45, 7) is 6.09. The Kier molecular flexibility index (Phi) is 3.21. The van der Waals surface area contributed by atoms with Gasteiger partial charge in [-0.05, 0) is 12.1 Å². The van der Waals surface area contributed by atoms with Crippen molar-refractivity contribution in [3.63, 3.8) is 0 Å². The molecular weight excluding hydrogens is 204 g/mol. The van der Waals surface area contributed by atoms with Crippen molar-refractivity contribution in [3.8, 4) is 0 Å². The van der Waals surface area contributed by atoms with Crippen molar-refractivity contribution in [1.29, 1.82) is 0 Å². The highest BCUT2D eigenvalue weighted by Crippen LogP contribution is 2.20. The second-order valence-corrected chi connectivity index (χ2v) is 4.83. The van der Waals surface area contributed by atoms with E-state index in [4.69, 9.17) is 0 Å². The summed E-state index contributed by atoms with van der Waals surface area (Å²) in [6.07, 6.45) is 0. The van der Waals surface area contributed by atoms with Crippen LogP contribution in [0, 0.1) is 0 Å². The molecule has 0 fully saturated rings. The van der Waals surface area contributed by atoms with Crippen LogP contribution in [0.15, 0.2) is 16.9 Å². The van der Waals surface area contributed by atoms with E-state index in [1.807, 2.05) is 26.8 Å². The number of pyridine rings is 1. The fourth-order valence-corrected chi connectivity index (χ4v) is 1.70. The van der Waals surface area contributed by atoms with Gasteiger partial charge >= 0.3 is 0 Å². The van der Waals surface area contributed by atoms with Crippen LogP contribution in [0.5, 0.6) is 0 Å². The molecule has 0 saturated carbocycles. The molecule has 0 aliphatic heterocycles. The first-order valence-electron chi connectivity index (χ1n) is 5.21. The number of hydrogen-bond donors (Lipinski definition) is 1. The van der Waals surface area contributed by atoms with Gasteiger partial charge in [-0.1, -0.05) is 20.8 Å². The van der Waals surface area contributed by atoms with Crippen molar-refractivity contribution in [2.75, 3.05) is 7.05 Å². The van der Waals surface area contributed by atoms with E-state index < -0.39 is 0 Å². The average molecular weight is 222 g/mol. The smallest absolute Gasteiger partial charge is 0.263 e. The van der Waals surface area contributed by atoms with Crippen LogP contribution in [-0.4, -0.2) is 17.5 Å². The Balaban J connectivity index is 3.41. The van der Waals surface area contributed by atoms with Gasteiger partial charge in [-0.2, -0.15) is 0 Å². The number of nitrogens with one attached hydrogen (secondary N) is 1. The van der Waals surface area contributed by atoms with Crippen LogP contribution < -0.4 is 10.9 Å². The van der Waals surface area contributed by atoms with Crippen LogP contribution in [-0.2, 0) is 12.5 Å². The Bertz CT molecular complexity index is 467. The normalized spacial score (nSPS) is 11.3. The van der Waals surface area contributed by atoms with Gasteiger partial charge in [0.05, 0.1) is 0 Å². The molecule has 1 aromatic heterocycles. The summed E-state index contributed by atoms with van der Waals surface area (Å²) in [4.78, 5) is 23.4. The predicted octanol–water partition coefficient (Wildman–Crippen LogP) is 1.04. The van der Waals surface area contributed by atoms with Crippen LogP contribution in [0.4, 0.5) is 0 Å². The fraction of sp³-hybridized carbons (Fsp3) is 0.500. The quantitative estimate of drug-likeness (QED) is 0.772. The summed E-state index contributed by atoms with van der Waals surface area (Å²) < 4.78 is 1.53. The predicted molar refractivity (Wildman–Crippen MR) is 63.8 cm³/mol. The average Bonchev–Trinajstić information content (AvgIpc) is 2.19. The van der Waals surface area contributed by atoms with E-state index in [-0.39, 0.29) is 22.4 Å². The van der Waals surface area contributed by atoms with E-state index in [0.29, 0.717) is 0 Å². The largest absolute Gasteiger partial charge is 0.355 e. The lowest BCUT2D eigenvalue weighted by atomic mass is 9.91. The van der Waals surface area contributed by atoms with Gasteiger partial charge in [0, 0.05) is 25.2 Å². The molecule has 0 atom stereocenters. The molecule has 1 aromatic rings. The third kappa shape index (κ3) is 2.15. The van der Waals surface area contributed by atoms with Crippen molar-refractivity contribution in [3.05, 3.63) is 33.7 Å². The van der Waals surface area contributed by atoms with Gasteiger partial charge < -0.3 is 9.88 Å². The maximum Gasteiger partial charge on any atom is 0.263 e. The first-order valence-corrected chi connectivity index (χ1v) is 5.21. The number of aromatic nitrogens is 1. The fourth-order valence-electron chi connectivity index (χ4n) is 1.70. The van der Waals surface area contributed by atoms with Gasteiger partial charge in [0.1, 0.15) is 5.56 Å². The lowest BCUT2D eigenvalue weighted by Gasteiger charge is -2.22. The molecule has 4 nitrogen and oxygen atoms in total. The van der Waals surface area contributed by atoms with Crippen LogP contribution in [0.3, 0.4) is 0 Å². The highest BCUT2D eigenvalue weighted by atomic mass is 16.2. The summed E-state index contributed by atoms with van der Waals surface area (Å²) >= 11 is 0. The summed E-state index contributed by atoms with van der Waals surface area (Å²) in [5, 5.41) is 2.46. The molecule has 0 saturated heterocycles. The number of carbonyl (C=O) groups excluding carboxylic acids is 1. The summed E-state index contributed by atoms with van der Waals surface area (Å²) in [6, 6.07) is 3.41. The molecule has 1 amide bonds. The number of nitrogens with zero attached hydrogens (tertiary/aromatic N) is 1. The molecule has 0 aliphatic rings. The number of rotatable bonds is 1. The van der Waals surface area contributed by atoms with Crippen molar-refractivity contribution < 1.29 is 4.79 Å². The van der Waals surface area contributed by atoms with Crippen molar-refractivity contribution in [2.45, 2.75) is 26.2 Å². The van der Waals surface area contributed by atoms with E-state index in [1.165, 1.54) is 11.6 Å². The molecule has 0 unspecified atom stereocenters. The molecule has 1 rings (SSSR count). The minimum atomic E-state index is -0.346. The zero-order valence-electron chi connectivity index (χ0n) is 10.4. The molecular formula is C12H18N2O2. The minimum Gasteiger partial charge on any atom is -0.355 e. The summed E-state index contributed by atoms with van der Waals surface area (Å²) in [5.41, 5.74) is 0.713. The molecule has 0 spiro atoms. The van der Waals surface area contributed by atoms with Crippen LogP contribution in [0.2, 0.25) is 0 Å². The zero-order valence-corrected chi connectivity index (χ0v) is 10.4. The van der Waals surface area contributed by atoms with E-state index in [2.05, 4.69) is 5.32 Å². The molecule has 4 heteroatoms. The third-order valence-corrected chi connectivity index (χ3v) is 2.54. The van der Waals surface area contributed by atoms with E-state index in [0.717, 1.165) is 5.69 Å². The Hall–Kier alpha value is -1.58. The molecule has 1 N–H and O–H groups in total. The first-order chi connectivity index (χ1) is 7.29. The molecule has 1 heterocycles. The van der Waals surface area contributed by atoms with Gasteiger partial charge in [-0.3, -0.25) is 9.59 Å². The summed E-state index contributed by atoms with van der Waals surface area (Å²) in [7, 11) is 3.20. The maximum atomic E-state index is 11.9. The van der Waals surface area contributed by atoms with Crippen LogP contribution in [0.1, 0.15) is 36.8 Å². The van der Waals surface area contributed by atoms with Gasteiger partial charge in [0.2, 0.25) is 0 Å². The lowest BCUT2D eigenvalue weighted by Crippen LogP contribution is -2.34. The van der Waals surface area contributed by atoms with E-state index >= 15 is 0 Å². The molecule has 0 bridgehead atoms. The van der Waals surface area contributed by atoms with Gasteiger partial charge in [0.25, 0.3) is 11.5 Å². The third-order valence-electron chi connectivity index (χ3n) is 2.54. The van der Waals surface area contributed by atoms with Crippen LogP contribution in [0.25, 0.3) is 0 Å². The molecule has 88 valence electrons. The highest BCUT2D eigenvalue weighted by Gasteiger charge is 2.19. The second-order valence-electron chi connectivity index (χ2n) is 4.83. The van der Waals surface area contributed by atoms with Gasteiger partial charge in [-0.15, -0.1) is 0 Å². The Morgan fingerprint density at radius 1 is 1.31 bits per heavy atom. The second kappa shape index (κ2) is 4.12. The van der Waals surface area contributed by atoms with Gasteiger partial charge in [-0.25, -0.2) is 0 Å². The molecule has 0 radical (unpaired) electrons. The van der Waals surface area contributed by atoms with E-state index in [1.54, 1.807) is 13.1 Å². The number of amides is 1. The molecule has 16 heavy (non-hydrogen) atoms. The SMILES string of the molecule is CNC(=O)c1ccc(C(C)(C)C)n(C)c1=O. The summed E-state index contributed by atoms with van der Waals surface area (Å²) in [5.74, 6) is -0.346. The van der Waals surface area contributed by atoms with Gasteiger partial charge in [0.15, 0.2) is 0 Å². The molecule has 0 aromatic carbocycles. The number of carbonyl (C=O) groups is 1. The van der Waals surface area contributed by atoms with Crippen molar-refractivity contribution >= 4 is 5.91 Å². The van der Waals surface area contributed by atoms with Crippen molar-refractivity contribution in [1.82, 2.24) is 9.88 Å². The standard InChI is InChI=1S/C12H18N2O2/c1-12(2,3)9-7-6-8(10(15)13-4)11(16)14(9)5/h6-7H,1-5H3,(H,13,15). The van der Waals surface area contributed by atoms with Crippen molar-refractivity contribution in [2.24, 2.45) is 7.05 Å². The Labute approximate surface area is 95.3 Å². The van der Waals surface area contributed by atoms with E-state index in [9.17, 15) is 9.59 Å². The zero-order chi connectivity index (χ0) is 12.5. The first kappa shape index (κ1) is 12.5. The highest BCUT2D eigenvalue weighted by molar-refractivity contribution is 5.93. The lowest BCUT2D eigenvalue weighted by molar-refractivity contribution is 0.0961.